The molecule has 0 saturated carbocycles. The Hall–Kier alpha value is 0.890. The molecule has 1 aliphatic carbocycles. The summed E-state index contributed by atoms with van der Waals surface area (Å²) in [5.41, 5.74) is 0. The summed E-state index contributed by atoms with van der Waals surface area (Å²) in [4.78, 5) is 0. The fourth-order valence-corrected chi connectivity index (χ4v) is 2.20. The van der Waals surface area contributed by atoms with Gasteiger partial charge in [0.1, 0.15) is 0 Å². The maximum atomic E-state index is 6.17. The quantitative estimate of drug-likeness (QED) is 0.551. The van der Waals surface area contributed by atoms with E-state index in [1.165, 1.54) is 6.08 Å². The Bertz CT molecular complexity index is 286. The van der Waals surface area contributed by atoms with Gasteiger partial charge in [-0.2, -0.15) is 0 Å². The van der Waals surface area contributed by atoms with Crippen LogP contribution in [0.4, 0.5) is 0 Å². The van der Waals surface area contributed by atoms with E-state index in [9.17, 15) is 0 Å². The molecule has 1 unspecified atom stereocenters. The molecule has 0 amide bonds. The second-order valence-corrected chi connectivity index (χ2v) is 5.69. The predicted octanol–water partition coefficient (Wildman–Crippen LogP) is 4.43. The Balaban J connectivity index is 2.78. The number of halogens is 5. The van der Waals surface area contributed by atoms with Gasteiger partial charge in [0.25, 0.3) is 0 Å². The lowest BCUT2D eigenvalue weighted by molar-refractivity contribution is 0.0472. The molecule has 1 aliphatic rings. The van der Waals surface area contributed by atoms with Crippen LogP contribution >= 0.6 is 58.0 Å². The number of rotatable bonds is 4. The van der Waals surface area contributed by atoms with Crippen molar-refractivity contribution in [2.45, 2.75) is 15.8 Å². The van der Waals surface area contributed by atoms with E-state index in [-0.39, 0.29) is 5.03 Å². The predicted molar refractivity (Wildman–Crippen MR) is 67.4 cm³/mol. The second kappa shape index (κ2) is 5.48. The topological polar surface area (TPSA) is 9.23 Å². The third-order valence-corrected chi connectivity index (χ3v) is 4.21. The molecule has 0 spiro atoms. The first kappa shape index (κ1) is 14.0. The minimum atomic E-state index is -1.43. The summed E-state index contributed by atoms with van der Waals surface area (Å²) in [5.74, 6) is 0.474. The molecule has 0 bridgehead atoms. The van der Waals surface area contributed by atoms with Gasteiger partial charge in [-0.25, -0.2) is 0 Å². The maximum absolute atomic E-state index is 6.17. The van der Waals surface area contributed by atoms with Gasteiger partial charge in [0.15, 0.2) is 4.33 Å². The standard InChI is InChI=1S/C9H9Cl5O/c10-5-2-6-15-9(14)7(11)3-1-4-8(9,12)13/h1,3-4H,2,5-6H2. The van der Waals surface area contributed by atoms with Crippen LogP contribution in [0.3, 0.4) is 0 Å². The van der Waals surface area contributed by atoms with Crippen molar-refractivity contribution in [3.05, 3.63) is 23.3 Å². The minimum Gasteiger partial charge on any atom is -0.352 e. The van der Waals surface area contributed by atoms with E-state index in [1.54, 1.807) is 12.2 Å². The third kappa shape index (κ3) is 2.96. The van der Waals surface area contributed by atoms with Crippen LogP contribution in [0.2, 0.25) is 0 Å². The van der Waals surface area contributed by atoms with Gasteiger partial charge in [-0.05, 0) is 18.6 Å². The summed E-state index contributed by atoms with van der Waals surface area (Å²) in [5, 5.41) is -1.18. The van der Waals surface area contributed by atoms with Crippen LogP contribution in [-0.4, -0.2) is 21.9 Å². The monoisotopic (exact) mass is 308 g/mol. The van der Waals surface area contributed by atoms with Crippen molar-refractivity contribution in [2.24, 2.45) is 0 Å². The molecule has 0 fully saturated rings. The number of allylic oxidation sites excluding steroid dienone is 2. The highest BCUT2D eigenvalue weighted by Gasteiger charge is 2.51. The zero-order valence-corrected chi connectivity index (χ0v) is 11.4. The molecule has 0 radical (unpaired) electrons. The summed E-state index contributed by atoms with van der Waals surface area (Å²) in [6, 6.07) is 0. The largest absolute Gasteiger partial charge is 0.352 e. The van der Waals surface area contributed by atoms with E-state index in [4.69, 9.17) is 62.7 Å². The Morgan fingerprint density at radius 2 is 1.93 bits per heavy atom. The molecule has 0 aromatic rings. The van der Waals surface area contributed by atoms with E-state index >= 15 is 0 Å². The van der Waals surface area contributed by atoms with Crippen LogP contribution in [0.15, 0.2) is 23.3 Å². The average Bonchev–Trinajstić information content (AvgIpc) is 2.15. The van der Waals surface area contributed by atoms with Crippen molar-refractivity contribution in [3.8, 4) is 0 Å². The SMILES string of the molecule is ClCCCOC1(Cl)C(Cl)=CC=CC1(Cl)Cl. The van der Waals surface area contributed by atoms with Crippen molar-refractivity contribution in [1.29, 1.82) is 0 Å². The second-order valence-electron chi connectivity index (χ2n) is 2.98. The number of alkyl halides is 4. The fraction of sp³-hybridized carbons (Fsp3) is 0.556. The lowest BCUT2D eigenvalue weighted by Crippen LogP contribution is -2.44. The van der Waals surface area contributed by atoms with E-state index in [1.807, 2.05) is 0 Å². The van der Waals surface area contributed by atoms with Gasteiger partial charge in [0.2, 0.25) is 5.06 Å². The molecule has 0 aromatic heterocycles. The lowest BCUT2D eigenvalue weighted by Gasteiger charge is -2.37. The highest BCUT2D eigenvalue weighted by Crippen LogP contribution is 2.49. The zero-order chi connectivity index (χ0) is 11.5. The first-order chi connectivity index (χ1) is 6.94. The molecule has 1 atom stereocenters. The van der Waals surface area contributed by atoms with Gasteiger partial charge in [-0.15, -0.1) is 11.6 Å². The van der Waals surface area contributed by atoms with Gasteiger partial charge < -0.3 is 4.74 Å². The lowest BCUT2D eigenvalue weighted by atomic mass is 10.1. The zero-order valence-electron chi connectivity index (χ0n) is 7.65. The van der Waals surface area contributed by atoms with Crippen molar-refractivity contribution in [3.63, 3.8) is 0 Å². The number of hydrogen-bond donors (Lipinski definition) is 0. The average molecular weight is 310 g/mol. The number of hydrogen-bond acceptors (Lipinski definition) is 1. The Kier molecular flexibility index (Phi) is 5.10. The van der Waals surface area contributed by atoms with Crippen LogP contribution in [0.1, 0.15) is 6.42 Å². The minimum absolute atomic E-state index is 0.256. The van der Waals surface area contributed by atoms with E-state index in [2.05, 4.69) is 0 Å². The van der Waals surface area contributed by atoms with Crippen LogP contribution < -0.4 is 0 Å². The molecule has 0 aliphatic heterocycles. The van der Waals surface area contributed by atoms with Gasteiger partial charge in [-0.1, -0.05) is 52.5 Å². The summed E-state index contributed by atoms with van der Waals surface area (Å²) >= 11 is 29.7. The molecule has 0 aromatic carbocycles. The van der Waals surface area contributed by atoms with E-state index < -0.39 is 9.39 Å². The molecular formula is C9H9Cl5O. The van der Waals surface area contributed by atoms with Gasteiger partial charge in [0.05, 0.1) is 11.6 Å². The van der Waals surface area contributed by atoms with Gasteiger partial charge in [0, 0.05) is 5.88 Å². The Labute approximate surface area is 114 Å². The highest BCUT2D eigenvalue weighted by atomic mass is 35.5. The summed E-state index contributed by atoms with van der Waals surface area (Å²) in [6.45, 7) is 0.339. The summed E-state index contributed by atoms with van der Waals surface area (Å²) in [6.07, 6.45) is 5.40. The van der Waals surface area contributed by atoms with Crippen molar-refractivity contribution < 1.29 is 4.74 Å². The van der Waals surface area contributed by atoms with Crippen LogP contribution in [-0.2, 0) is 4.74 Å². The van der Waals surface area contributed by atoms with Gasteiger partial charge in [-0.3, -0.25) is 0 Å². The van der Waals surface area contributed by atoms with Crippen LogP contribution in [0, 0.1) is 0 Å². The van der Waals surface area contributed by atoms with Crippen molar-refractivity contribution in [2.75, 3.05) is 12.5 Å². The molecule has 0 saturated heterocycles. The fourth-order valence-electron chi connectivity index (χ4n) is 1.06. The normalized spacial score (nSPS) is 29.0. The smallest absolute Gasteiger partial charge is 0.214 e. The van der Waals surface area contributed by atoms with Crippen molar-refractivity contribution in [1.82, 2.24) is 0 Å². The van der Waals surface area contributed by atoms with Crippen molar-refractivity contribution >= 4 is 58.0 Å². The maximum Gasteiger partial charge on any atom is 0.214 e. The first-order valence-corrected chi connectivity index (χ1v) is 6.31. The van der Waals surface area contributed by atoms with Crippen LogP contribution in [0.25, 0.3) is 0 Å². The molecule has 6 heteroatoms. The van der Waals surface area contributed by atoms with E-state index in [0.717, 1.165) is 0 Å². The Morgan fingerprint density at radius 3 is 2.47 bits per heavy atom. The van der Waals surface area contributed by atoms with E-state index in [0.29, 0.717) is 18.9 Å². The molecule has 0 heterocycles. The molecule has 1 nitrogen and oxygen atoms in total. The Morgan fingerprint density at radius 1 is 1.27 bits per heavy atom. The first-order valence-electron chi connectivity index (χ1n) is 4.26. The molecule has 15 heavy (non-hydrogen) atoms. The van der Waals surface area contributed by atoms with Crippen LogP contribution in [0.5, 0.6) is 0 Å². The molecule has 86 valence electrons. The molecule has 1 rings (SSSR count). The molecular weight excluding hydrogens is 301 g/mol. The number of ether oxygens (including phenoxy) is 1. The van der Waals surface area contributed by atoms with Gasteiger partial charge >= 0.3 is 0 Å². The molecule has 0 N–H and O–H groups in total. The highest BCUT2D eigenvalue weighted by molar-refractivity contribution is 6.57. The third-order valence-electron chi connectivity index (χ3n) is 1.86. The summed E-state index contributed by atoms with van der Waals surface area (Å²) < 4.78 is 4.02. The summed E-state index contributed by atoms with van der Waals surface area (Å²) in [7, 11) is 0.